The number of hydrogen-bond donors (Lipinski definition) is 2. The molecule has 0 saturated carbocycles. The number of fused-ring (bicyclic) bond motifs is 1. The van der Waals surface area contributed by atoms with Gasteiger partial charge in [-0.2, -0.15) is 0 Å². The molecule has 102 valence electrons. The lowest BCUT2D eigenvalue weighted by Gasteiger charge is -2.29. The number of para-hydroxylation sites is 1. The lowest BCUT2D eigenvalue weighted by molar-refractivity contribution is 0.0216. The van der Waals surface area contributed by atoms with Crippen LogP contribution in [0.3, 0.4) is 0 Å². The fourth-order valence-corrected chi connectivity index (χ4v) is 2.32. The molecule has 4 nitrogen and oxygen atoms in total. The number of aryl methyl sites for hydroxylation is 1. The third-order valence-corrected chi connectivity index (χ3v) is 3.52. The first-order valence-corrected chi connectivity index (χ1v) is 6.35. The number of aliphatic hydroxyl groups excluding tert-OH is 1. The minimum absolute atomic E-state index is 0.115. The Kier molecular flexibility index (Phi) is 2.95. The van der Waals surface area contributed by atoms with Crippen LogP contribution in [-0.4, -0.2) is 22.1 Å². The summed E-state index contributed by atoms with van der Waals surface area (Å²) in [5.74, 6) is 0.203. The Morgan fingerprint density at radius 1 is 1.15 bits per heavy atom. The van der Waals surface area contributed by atoms with E-state index in [0.717, 1.165) is 5.56 Å². The van der Waals surface area contributed by atoms with Crippen molar-refractivity contribution in [2.24, 2.45) is 0 Å². The van der Waals surface area contributed by atoms with Crippen molar-refractivity contribution in [3.8, 4) is 11.5 Å². The molecule has 1 aliphatic heterocycles. The van der Waals surface area contributed by atoms with Gasteiger partial charge in [0.05, 0.1) is 5.56 Å². The molecule has 1 aliphatic rings. The second-order valence-electron chi connectivity index (χ2n) is 4.89. The van der Waals surface area contributed by atoms with Gasteiger partial charge in [-0.25, -0.2) is 0 Å². The van der Waals surface area contributed by atoms with Gasteiger partial charge in [0.1, 0.15) is 11.5 Å². The highest BCUT2D eigenvalue weighted by Gasteiger charge is 2.36. The Hall–Kier alpha value is -2.33. The summed E-state index contributed by atoms with van der Waals surface area (Å²) in [5, 5.41) is 19.9. The van der Waals surface area contributed by atoms with Crippen molar-refractivity contribution in [2.75, 3.05) is 0 Å². The fraction of sp³-hybridized carbons (Fsp3) is 0.188. The summed E-state index contributed by atoms with van der Waals surface area (Å²) < 4.78 is 5.71. The molecular formula is C16H14O4. The number of phenolic OH excluding ortho intramolecular Hbond substituents is 1. The van der Waals surface area contributed by atoms with Crippen molar-refractivity contribution in [1.82, 2.24) is 0 Å². The third kappa shape index (κ3) is 1.94. The van der Waals surface area contributed by atoms with Gasteiger partial charge < -0.3 is 14.9 Å². The predicted molar refractivity (Wildman–Crippen MR) is 73.0 cm³/mol. The fourth-order valence-electron chi connectivity index (χ4n) is 2.32. The van der Waals surface area contributed by atoms with Crippen LogP contribution in [-0.2, 0) is 0 Å². The molecule has 0 aliphatic carbocycles. The average Bonchev–Trinajstić information content (AvgIpc) is 2.46. The van der Waals surface area contributed by atoms with Crippen molar-refractivity contribution >= 4 is 5.78 Å². The lowest BCUT2D eigenvalue weighted by atomic mass is 9.93. The van der Waals surface area contributed by atoms with E-state index >= 15 is 0 Å². The Labute approximate surface area is 116 Å². The zero-order valence-electron chi connectivity index (χ0n) is 10.9. The van der Waals surface area contributed by atoms with Crippen molar-refractivity contribution in [1.29, 1.82) is 0 Å². The van der Waals surface area contributed by atoms with Crippen molar-refractivity contribution in [3.05, 3.63) is 59.2 Å². The molecule has 20 heavy (non-hydrogen) atoms. The number of aromatic hydroxyl groups is 1. The Morgan fingerprint density at radius 3 is 2.65 bits per heavy atom. The third-order valence-electron chi connectivity index (χ3n) is 3.52. The smallest absolute Gasteiger partial charge is 0.199 e. The Balaban J connectivity index is 2.03. The largest absolute Gasteiger partial charge is 0.508 e. The summed E-state index contributed by atoms with van der Waals surface area (Å²) in [5.41, 5.74) is 1.68. The quantitative estimate of drug-likeness (QED) is 0.835. The van der Waals surface area contributed by atoms with Crippen molar-refractivity contribution in [3.63, 3.8) is 0 Å². The van der Waals surface area contributed by atoms with Gasteiger partial charge in [-0.1, -0.05) is 24.3 Å². The standard InChI is InChI=1S/C16H14O4/c1-9-6-7-10(8-12(9)17)16-15(19)14(18)11-4-2-3-5-13(11)20-16/h2-8,15-17,19H,1H3. The number of aliphatic hydroxyl groups is 1. The number of ether oxygens (including phenoxy) is 1. The van der Waals surface area contributed by atoms with E-state index in [2.05, 4.69) is 0 Å². The number of hydrogen-bond acceptors (Lipinski definition) is 4. The molecule has 2 atom stereocenters. The van der Waals surface area contributed by atoms with E-state index < -0.39 is 12.2 Å². The van der Waals surface area contributed by atoms with Gasteiger partial charge in [-0.15, -0.1) is 0 Å². The van der Waals surface area contributed by atoms with Gasteiger partial charge in [0.25, 0.3) is 0 Å². The van der Waals surface area contributed by atoms with Crippen molar-refractivity contribution < 1.29 is 19.7 Å². The molecule has 0 radical (unpaired) electrons. The number of carbonyl (C=O) groups excluding carboxylic acids is 1. The van der Waals surface area contributed by atoms with Crippen LogP contribution in [0, 0.1) is 6.92 Å². The minimum Gasteiger partial charge on any atom is -0.508 e. The molecule has 3 rings (SSSR count). The van der Waals surface area contributed by atoms with E-state index in [1.165, 1.54) is 6.07 Å². The number of carbonyl (C=O) groups is 1. The zero-order valence-corrected chi connectivity index (χ0v) is 10.9. The summed E-state index contributed by atoms with van der Waals surface area (Å²) in [6.45, 7) is 1.78. The summed E-state index contributed by atoms with van der Waals surface area (Å²) in [7, 11) is 0. The molecule has 2 unspecified atom stereocenters. The van der Waals surface area contributed by atoms with Crippen LogP contribution in [0.15, 0.2) is 42.5 Å². The highest BCUT2D eigenvalue weighted by Crippen LogP contribution is 2.36. The summed E-state index contributed by atoms with van der Waals surface area (Å²) >= 11 is 0. The van der Waals surface area contributed by atoms with Gasteiger partial charge in [-0.05, 0) is 36.2 Å². The molecule has 0 aromatic heterocycles. The molecule has 1 heterocycles. The molecule has 0 saturated heterocycles. The van der Waals surface area contributed by atoms with E-state index in [9.17, 15) is 15.0 Å². The molecule has 0 fully saturated rings. The van der Waals surface area contributed by atoms with Gasteiger partial charge in [0.2, 0.25) is 0 Å². The number of rotatable bonds is 1. The molecular weight excluding hydrogens is 256 g/mol. The maximum Gasteiger partial charge on any atom is 0.199 e. The molecule has 0 bridgehead atoms. The molecule has 4 heteroatoms. The monoisotopic (exact) mass is 270 g/mol. The number of ketones is 1. The maximum absolute atomic E-state index is 12.2. The van der Waals surface area contributed by atoms with E-state index in [1.54, 1.807) is 43.3 Å². The number of benzene rings is 2. The molecule has 0 amide bonds. The van der Waals surface area contributed by atoms with E-state index in [1.807, 2.05) is 0 Å². The van der Waals surface area contributed by atoms with Gasteiger partial charge in [0.15, 0.2) is 18.0 Å². The lowest BCUT2D eigenvalue weighted by Crippen LogP contribution is -2.36. The Bertz CT molecular complexity index is 678. The first kappa shape index (κ1) is 12.7. The highest BCUT2D eigenvalue weighted by molar-refractivity contribution is 6.03. The zero-order chi connectivity index (χ0) is 14.3. The van der Waals surface area contributed by atoms with E-state index in [4.69, 9.17) is 4.74 Å². The van der Waals surface area contributed by atoms with E-state index in [0.29, 0.717) is 16.9 Å². The molecule has 2 aromatic carbocycles. The highest BCUT2D eigenvalue weighted by atomic mass is 16.5. The van der Waals surface area contributed by atoms with Crippen LogP contribution in [0.4, 0.5) is 0 Å². The summed E-state index contributed by atoms with van der Waals surface area (Å²) in [4.78, 5) is 12.2. The van der Waals surface area contributed by atoms with Crippen LogP contribution in [0.5, 0.6) is 11.5 Å². The number of Topliss-reactive ketones (excluding diaryl/α,β-unsaturated/α-hetero) is 1. The molecule has 2 N–H and O–H groups in total. The Morgan fingerprint density at radius 2 is 1.90 bits per heavy atom. The van der Waals surface area contributed by atoms with Gasteiger partial charge in [0, 0.05) is 0 Å². The second kappa shape index (κ2) is 4.65. The SMILES string of the molecule is Cc1ccc(C2Oc3ccccc3C(=O)C2O)cc1O. The van der Waals surface area contributed by atoms with E-state index in [-0.39, 0.29) is 11.5 Å². The predicted octanol–water partition coefficient (Wildman–Crippen LogP) is 2.38. The minimum atomic E-state index is -1.27. The van der Waals surface area contributed by atoms with Crippen LogP contribution in [0.25, 0.3) is 0 Å². The van der Waals surface area contributed by atoms with Crippen LogP contribution >= 0.6 is 0 Å². The first-order valence-electron chi connectivity index (χ1n) is 6.35. The van der Waals surface area contributed by atoms with Crippen LogP contribution in [0.2, 0.25) is 0 Å². The van der Waals surface area contributed by atoms with Crippen LogP contribution < -0.4 is 4.74 Å². The summed E-state index contributed by atoms with van der Waals surface area (Å²) in [6, 6.07) is 11.8. The molecule has 2 aromatic rings. The number of phenols is 1. The van der Waals surface area contributed by atoms with Crippen molar-refractivity contribution in [2.45, 2.75) is 19.1 Å². The van der Waals surface area contributed by atoms with Gasteiger partial charge >= 0.3 is 0 Å². The topological polar surface area (TPSA) is 66.8 Å². The van der Waals surface area contributed by atoms with Gasteiger partial charge in [-0.3, -0.25) is 4.79 Å². The maximum atomic E-state index is 12.2. The average molecular weight is 270 g/mol. The van der Waals surface area contributed by atoms with Crippen LogP contribution in [0.1, 0.15) is 27.6 Å². The molecule has 0 spiro atoms. The summed E-state index contributed by atoms with van der Waals surface area (Å²) in [6.07, 6.45) is -2.07. The normalized spacial score (nSPS) is 21.2. The second-order valence-corrected chi connectivity index (χ2v) is 4.89. The first-order chi connectivity index (χ1) is 9.58.